The number of hydrogen-bond acceptors (Lipinski definition) is 0. The highest BCUT2D eigenvalue weighted by molar-refractivity contribution is 7.20. The molecule has 3 heteroatoms. The van der Waals surface area contributed by atoms with Crippen molar-refractivity contribution >= 4 is 72.4 Å². The van der Waals surface area contributed by atoms with Crippen LogP contribution in [0, 0.1) is 0 Å². The van der Waals surface area contributed by atoms with E-state index in [1.165, 1.54) is 81.1 Å². The minimum Gasteiger partial charge on any atom is -0.309 e. The van der Waals surface area contributed by atoms with Crippen LogP contribution in [0.25, 0.3) is 77.2 Å². The fourth-order valence-electron chi connectivity index (χ4n) is 10.5. The maximum Gasteiger partial charge on any atom is 0.180 e. The highest BCUT2D eigenvalue weighted by Crippen LogP contribution is 2.43. The third kappa shape index (κ3) is 5.78. The molecule has 2 heterocycles. The molecule has 0 saturated carbocycles. The Hall–Kier alpha value is -7.98. The van der Waals surface area contributed by atoms with Crippen molar-refractivity contribution < 1.29 is 0 Å². The number of nitrogens with zero attached hydrogens (tertiary/aromatic N) is 2. The van der Waals surface area contributed by atoms with Crippen LogP contribution in [0.5, 0.6) is 0 Å². The molecule has 0 aliphatic carbocycles. The van der Waals surface area contributed by atoms with E-state index in [2.05, 4.69) is 264 Å². The summed E-state index contributed by atoms with van der Waals surface area (Å²) in [4.78, 5) is 0. The Morgan fingerprint density at radius 3 is 1.32 bits per heavy atom. The summed E-state index contributed by atoms with van der Waals surface area (Å²) in [5.41, 5.74) is 11.8. The van der Waals surface area contributed by atoms with Crippen LogP contribution >= 0.6 is 0 Å². The van der Waals surface area contributed by atoms with Gasteiger partial charge < -0.3 is 9.13 Å². The minimum atomic E-state index is -2.92. The number of fused-ring (bicyclic) bond motifs is 6. The second kappa shape index (κ2) is 15.2. The molecular formula is C60H42N2Si. The van der Waals surface area contributed by atoms with Gasteiger partial charge in [-0.3, -0.25) is 0 Å². The normalized spacial score (nSPS) is 11.8. The fourth-order valence-corrected chi connectivity index (χ4v) is 15.4. The van der Waals surface area contributed by atoms with Crippen molar-refractivity contribution in [3.63, 3.8) is 0 Å². The van der Waals surface area contributed by atoms with Crippen molar-refractivity contribution in [2.75, 3.05) is 0 Å². The van der Waals surface area contributed by atoms with Crippen molar-refractivity contribution in [2.24, 2.45) is 0 Å². The third-order valence-corrected chi connectivity index (χ3v) is 17.9. The summed E-state index contributed by atoms with van der Waals surface area (Å²) in [6, 6.07) is 94.3. The topological polar surface area (TPSA) is 9.86 Å². The van der Waals surface area contributed by atoms with E-state index in [9.17, 15) is 0 Å². The number of benzene rings is 10. The molecule has 0 fully saturated rings. The monoisotopic (exact) mass is 818 g/mol. The van der Waals surface area contributed by atoms with Crippen LogP contribution in [-0.2, 0) is 0 Å². The Morgan fingerprint density at radius 2 is 0.714 bits per heavy atom. The molecule has 0 atom stereocenters. The summed E-state index contributed by atoms with van der Waals surface area (Å²) in [5.74, 6) is 0. The van der Waals surface area contributed by atoms with Crippen LogP contribution in [0.2, 0.25) is 0 Å². The van der Waals surface area contributed by atoms with E-state index in [4.69, 9.17) is 0 Å². The summed E-state index contributed by atoms with van der Waals surface area (Å²) >= 11 is 0. The van der Waals surface area contributed by atoms with E-state index in [1.807, 2.05) is 0 Å². The highest BCUT2D eigenvalue weighted by Gasteiger charge is 2.43. The van der Waals surface area contributed by atoms with Crippen LogP contribution in [0.4, 0.5) is 0 Å². The quantitative estimate of drug-likeness (QED) is 0.107. The van der Waals surface area contributed by atoms with E-state index >= 15 is 0 Å². The Morgan fingerprint density at radius 1 is 0.270 bits per heavy atom. The van der Waals surface area contributed by atoms with Crippen LogP contribution < -0.4 is 20.7 Å². The van der Waals surface area contributed by atoms with Gasteiger partial charge >= 0.3 is 0 Å². The minimum absolute atomic E-state index is 1.14. The van der Waals surface area contributed by atoms with Gasteiger partial charge in [0.05, 0.1) is 33.4 Å². The lowest BCUT2D eigenvalue weighted by Gasteiger charge is -2.35. The second-order valence-electron chi connectivity index (χ2n) is 16.4. The molecule has 0 aliphatic rings. The SMILES string of the molecule is c1ccc(-c2ccccc2-n2c3ccccc3c3cc(-c4ccccc4)c(-n4c5ccccc5c5c([Si](c6ccccc6)(c6ccccc6)c6ccccc6)cccc54)cc32)cc1. The van der Waals surface area contributed by atoms with E-state index in [0.717, 1.165) is 16.9 Å². The lowest BCUT2D eigenvalue weighted by Crippen LogP contribution is -2.74. The molecule has 0 N–H and O–H groups in total. The van der Waals surface area contributed by atoms with E-state index in [-0.39, 0.29) is 0 Å². The molecule has 0 unspecified atom stereocenters. The van der Waals surface area contributed by atoms with Gasteiger partial charge in [0.1, 0.15) is 0 Å². The van der Waals surface area contributed by atoms with Gasteiger partial charge in [0, 0.05) is 32.7 Å². The van der Waals surface area contributed by atoms with Crippen LogP contribution in [-0.4, -0.2) is 17.2 Å². The van der Waals surface area contributed by atoms with Gasteiger partial charge in [0.25, 0.3) is 0 Å². The molecule has 2 nitrogen and oxygen atoms in total. The van der Waals surface area contributed by atoms with Gasteiger partial charge in [-0.2, -0.15) is 0 Å². The molecule has 0 aliphatic heterocycles. The number of rotatable bonds is 8. The molecule has 0 saturated heterocycles. The number of hydrogen-bond donors (Lipinski definition) is 0. The van der Waals surface area contributed by atoms with Crippen molar-refractivity contribution in [3.05, 3.63) is 255 Å². The Balaban J connectivity index is 1.24. The summed E-state index contributed by atoms with van der Waals surface area (Å²) < 4.78 is 5.05. The van der Waals surface area contributed by atoms with Crippen molar-refractivity contribution in [1.29, 1.82) is 0 Å². The number of para-hydroxylation sites is 3. The first-order valence-electron chi connectivity index (χ1n) is 21.8. The van der Waals surface area contributed by atoms with Gasteiger partial charge in [-0.15, -0.1) is 0 Å². The molecule has 0 bridgehead atoms. The molecule has 0 amide bonds. The maximum atomic E-state index is 2.56. The lowest BCUT2D eigenvalue weighted by molar-refractivity contribution is 1.16. The van der Waals surface area contributed by atoms with Crippen molar-refractivity contribution in [1.82, 2.24) is 9.13 Å². The zero-order chi connectivity index (χ0) is 41.7. The largest absolute Gasteiger partial charge is 0.309 e. The van der Waals surface area contributed by atoms with Crippen LogP contribution in [0.15, 0.2) is 255 Å². The highest BCUT2D eigenvalue weighted by atomic mass is 28.3. The zero-order valence-electron chi connectivity index (χ0n) is 34.6. The molecular weight excluding hydrogens is 777 g/mol. The van der Waals surface area contributed by atoms with Crippen molar-refractivity contribution in [2.45, 2.75) is 0 Å². The first-order valence-corrected chi connectivity index (χ1v) is 23.8. The molecule has 10 aromatic carbocycles. The van der Waals surface area contributed by atoms with Gasteiger partial charge in [0.2, 0.25) is 0 Å². The van der Waals surface area contributed by atoms with Gasteiger partial charge in [-0.1, -0.05) is 218 Å². The average Bonchev–Trinajstić information content (AvgIpc) is 3.88. The molecule has 0 spiro atoms. The summed E-state index contributed by atoms with van der Waals surface area (Å²) in [6.07, 6.45) is 0. The predicted octanol–water partition coefficient (Wildman–Crippen LogP) is 12.6. The summed E-state index contributed by atoms with van der Waals surface area (Å²) in [7, 11) is -2.92. The molecule has 12 aromatic rings. The van der Waals surface area contributed by atoms with Gasteiger partial charge in [-0.25, -0.2) is 0 Å². The van der Waals surface area contributed by atoms with E-state index in [1.54, 1.807) is 0 Å². The second-order valence-corrected chi connectivity index (χ2v) is 20.2. The predicted molar refractivity (Wildman–Crippen MR) is 270 cm³/mol. The number of aromatic nitrogens is 2. The molecule has 2 aromatic heterocycles. The standard InChI is InChI=1S/C60H42N2Si/c1-6-23-43(24-7-1)48-33-16-19-36-53(48)61-54-37-20-17-34-49(54)52-41-51(44-25-8-2-9-26-44)57(42-58(52)61)62-55-38-21-18-35-50(55)60-56(62)39-22-40-59(60)63(45-27-10-3-11-28-45,46-29-12-4-13-30-46)47-31-14-5-15-32-47/h1-42H. The molecule has 0 radical (unpaired) electrons. The van der Waals surface area contributed by atoms with Gasteiger partial charge in [0.15, 0.2) is 8.07 Å². The summed E-state index contributed by atoms with van der Waals surface area (Å²) in [6.45, 7) is 0. The van der Waals surface area contributed by atoms with Gasteiger partial charge in [-0.05, 0) is 68.3 Å². The molecule has 296 valence electrons. The third-order valence-electron chi connectivity index (χ3n) is 13.1. The lowest BCUT2D eigenvalue weighted by atomic mass is 10.00. The molecule has 12 rings (SSSR count). The summed E-state index contributed by atoms with van der Waals surface area (Å²) in [5, 5.41) is 10.5. The molecule has 63 heavy (non-hydrogen) atoms. The first-order chi connectivity index (χ1) is 31.3. The smallest absolute Gasteiger partial charge is 0.180 e. The van der Waals surface area contributed by atoms with Crippen LogP contribution in [0.1, 0.15) is 0 Å². The zero-order valence-corrected chi connectivity index (χ0v) is 35.6. The maximum absolute atomic E-state index is 2.92. The Labute approximate surface area is 368 Å². The fraction of sp³-hybridized carbons (Fsp3) is 0. The Bertz CT molecular complexity index is 3500. The van der Waals surface area contributed by atoms with E-state index in [0.29, 0.717) is 0 Å². The Kier molecular flexibility index (Phi) is 8.87. The van der Waals surface area contributed by atoms with E-state index < -0.39 is 8.07 Å². The first kappa shape index (κ1) is 36.8. The van der Waals surface area contributed by atoms with Crippen molar-refractivity contribution in [3.8, 4) is 33.6 Å². The average molecular weight is 819 g/mol. The van der Waals surface area contributed by atoms with Crippen LogP contribution in [0.3, 0.4) is 0 Å².